The monoisotopic (exact) mass is 450 g/mol. The highest BCUT2D eigenvalue weighted by molar-refractivity contribution is 5.97. The number of carboxylic acid groups (broad SMARTS) is 1. The van der Waals surface area contributed by atoms with E-state index in [1.807, 2.05) is 31.3 Å². The number of aryl methyl sites for hydroxylation is 1. The number of carboxylic acids is 1. The number of halogens is 2. The Morgan fingerprint density at radius 2 is 1.82 bits per heavy atom. The fraction of sp³-hybridized carbons (Fsp3) is 0.200. The van der Waals surface area contributed by atoms with E-state index < -0.39 is 23.6 Å². The van der Waals surface area contributed by atoms with Crippen LogP contribution in [-0.4, -0.2) is 27.2 Å². The van der Waals surface area contributed by atoms with Crippen molar-refractivity contribution >= 4 is 16.9 Å². The lowest BCUT2D eigenvalue weighted by Crippen LogP contribution is -2.19. The van der Waals surface area contributed by atoms with Gasteiger partial charge in [-0.2, -0.15) is 8.78 Å². The normalized spacial score (nSPS) is 13.6. The molecule has 0 spiro atoms. The molecule has 2 heterocycles. The molecule has 0 radical (unpaired) electrons. The highest BCUT2D eigenvalue weighted by Gasteiger charge is 2.30. The molecule has 0 bridgehead atoms. The number of rotatable bonds is 6. The molecule has 2 N–H and O–H groups in total. The molecule has 1 saturated carbocycles. The summed E-state index contributed by atoms with van der Waals surface area (Å²) in [6.07, 6.45) is 4.61. The Balaban J connectivity index is 1.73. The van der Waals surface area contributed by atoms with Crippen LogP contribution in [0.1, 0.15) is 34.8 Å². The molecule has 0 atom stereocenters. The Kier molecular flexibility index (Phi) is 5.00. The zero-order valence-electron chi connectivity index (χ0n) is 17.6. The van der Waals surface area contributed by atoms with Crippen molar-refractivity contribution < 1.29 is 23.4 Å². The molecule has 0 saturated heterocycles. The minimum Gasteiger partial charge on any atom is -0.477 e. The molecule has 0 unspecified atom stereocenters. The first kappa shape index (κ1) is 20.9. The summed E-state index contributed by atoms with van der Waals surface area (Å²) in [5, 5.41) is 9.50. The smallest absolute Gasteiger partial charge is 0.387 e. The number of carbonyl (C=O) groups is 1. The highest BCUT2D eigenvalue weighted by atomic mass is 19.3. The number of nitrogens with zero attached hydrogens (tertiary/aromatic N) is 1. The van der Waals surface area contributed by atoms with Gasteiger partial charge in [0.05, 0.1) is 10.9 Å². The molecule has 1 fully saturated rings. The highest BCUT2D eigenvalue weighted by Crippen LogP contribution is 2.43. The Labute approximate surface area is 187 Å². The van der Waals surface area contributed by atoms with Gasteiger partial charge in [0.1, 0.15) is 5.56 Å². The van der Waals surface area contributed by atoms with Crippen molar-refractivity contribution in [3.05, 3.63) is 76.2 Å². The average molecular weight is 450 g/mol. The fourth-order valence-corrected chi connectivity index (χ4v) is 4.22. The second-order valence-electron chi connectivity index (χ2n) is 8.15. The molecule has 1 aliphatic carbocycles. The van der Waals surface area contributed by atoms with E-state index in [0.29, 0.717) is 11.1 Å². The first-order valence-electron chi connectivity index (χ1n) is 10.5. The van der Waals surface area contributed by atoms with Crippen molar-refractivity contribution in [2.24, 2.45) is 0 Å². The summed E-state index contributed by atoms with van der Waals surface area (Å²) < 4.78 is 33.5. The van der Waals surface area contributed by atoms with Gasteiger partial charge >= 0.3 is 12.6 Å². The first-order chi connectivity index (χ1) is 15.8. The SMILES string of the molecule is Cc1cc[nH]c1-c1ccc(-c2ccc3c(=O)c(C(=O)O)cn(C4CC4)c3c2OC(F)F)cc1. The lowest BCUT2D eigenvalue weighted by atomic mass is 9.98. The summed E-state index contributed by atoms with van der Waals surface area (Å²) in [6, 6.07) is 12.3. The van der Waals surface area contributed by atoms with Crippen molar-refractivity contribution in [2.45, 2.75) is 32.4 Å². The standard InChI is InChI=1S/C25H20F2N2O4/c1-13-10-11-28-20(13)15-4-2-14(3-5-15)17-8-9-18-21(23(17)33-25(26)27)29(16-6-7-16)12-19(22(18)30)24(31)32/h2-5,8-12,16,25,28H,6-7H2,1H3,(H,31,32). The fourth-order valence-electron chi connectivity index (χ4n) is 4.22. The molecule has 6 nitrogen and oxygen atoms in total. The number of aromatic nitrogens is 2. The number of H-pyrrole nitrogens is 1. The van der Waals surface area contributed by atoms with Crippen LogP contribution in [-0.2, 0) is 0 Å². The van der Waals surface area contributed by atoms with E-state index in [-0.39, 0.29) is 22.7 Å². The van der Waals surface area contributed by atoms with E-state index in [4.69, 9.17) is 4.74 Å². The summed E-state index contributed by atoms with van der Waals surface area (Å²) in [7, 11) is 0. The topological polar surface area (TPSA) is 84.3 Å². The van der Waals surface area contributed by atoms with Crippen molar-refractivity contribution in [3.63, 3.8) is 0 Å². The van der Waals surface area contributed by atoms with Crippen LogP contribution in [0.2, 0.25) is 0 Å². The van der Waals surface area contributed by atoms with Crippen LogP contribution in [0.5, 0.6) is 5.75 Å². The molecule has 1 aliphatic rings. The number of aromatic carboxylic acids is 1. The van der Waals surface area contributed by atoms with Gasteiger partial charge in [-0.1, -0.05) is 24.3 Å². The molecular formula is C25H20F2N2O4. The number of ether oxygens (including phenoxy) is 1. The van der Waals surface area contributed by atoms with Crippen LogP contribution in [0.3, 0.4) is 0 Å². The summed E-state index contributed by atoms with van der Waals surface area (Å²) >= 11 is 0. The van der Waals surface area contributed by atoms with E-state index in [2.05, 4.69) is 4.98 Å². The molecule has 0 amide bonds. The summed E-state index contributed by atoms with van der Waals surface area (Å²) in [4.78, 5) is 27.6. The number of benzene rings is 2. The first-order valence-corrected chi connectivity index (χ1v) is 10.5. The number of fused-ring (bicyclic) bond motifs is 1. The van der Waals surface area contributed by atoms with E-state index >= 15 is 0 Å². The van der Waals surface area contributed by atoms with Gasteiger partial charge in [0.2, 0.25) is 5.43 Å². The van der Waals surface area contributed by atoms with Crippen LogP contribution in [0.15, 0.2) is 59.7 Å². The van der Waals surface area contributed by atoms with Gasteiger partial charge in [-0.25, -0.2) is 4.79 Å². The molecular weight excluding hydrogens is 430 g/mol. The Bertz CT molecular complexity index is 1430. The predicted molar refractivity (Wildman–Crippen MR) is 120 cm³/mol. The third-order valence-corrected chi connectivity index (χ3v) is 5.96. The second-order valence-corrected chi connectivity index (χ2v) is 8.15. The summed E-state index contributed by atoms with van der Waals surface area (Å²) in [5.41, 5.74) is 3.10. The van der Waals surface area contributed by atoms with Gasteiger partial charge < -0.3 is 19.4 Å². The van der Waals surface area contributed by atoms with Gasteiger partial charge in [0.25, 0.3) is 0 Å². The maximum atomic E-state index is 13.5. The maximum Gasteiger partial charge on any atom is 0.387 e. The Hall–Kier alpha value is -3.94. The third-order valence-electron chi connectivity index (χ3n) is 5.96. The van der Waals surface area contributed by atoms with Crippen LogP contribution >= 0.6 is 0 Å². The van der Waals surface area contributed by atoms with Crippen molar-refractivity contribution in [1.29, 1.82) is 0 Å². The molecule has 5 rings (SSSR count). The van der Waals surface area contributed by atoms with E-state index in [1.165, 1.54) is 18.3 Å². The summed E-state index contributed by atoms with van der Waals surface area (Å²) in [5.74, 6) is -1.49. The van der Waals surface area contributed by atoms with Crippen molar-refractivity contribution in [1.82, 2.24) is 9.55 Å². The lowest BCUT2D eigenvalue weighted by molar-refractivity contribution is -0.0486. The second kappa shape index (κ2) is 7.88. The van der Waals surface area contributed by atoms with Crippen LogP contribution < -0.4 is 10.2 Å². The molecule has 0 aliphatic heterocycles. The molecule has 33 heavy (non-hydrogen) atoms. The van der Waals surface area contributed by atoms with E-state index in [9.17, 15) is 23.5 Å². The average Bonchev–Trinajstić information content (AvgIpc) is 3.54. The Morgan fingerprint density at radius 3 is 2.39 bits per heavy atom. The van der Waals surface area contributed by atoms with Crippen LogP contribution in [0, 0.1) is 6.92 Å². The maximum absolute atomic E-state index is 13.5. The van der Waals surface area contributed by atoms with E-state index in [0.717, 1.165) is 29.7 Å². The zero-order valence-corrected chi connectivity index (χ0v) is 17.6. The van der Waals surface area contributed by atoms with E-state index in [1.54, 1.807) is 16.7 Å². The van der Waals surface area contributed by atoms with Gasteiger partial charge in [-0.3, -0.25) is 4.79 Å². The number of aromatic amines is 1. The molecule has 168 valence electrons. The number of alkyl halides is 2. The van der Waals surface area contributed by atoms with Crippen molar-refractivity contribution in [3.8, 4) is 28.1 Å². The number of hydrogen-bond donors (Lipinski definition) is 2. The summed E-state index contributed by atoms with van der Waals surface area (Å²) in [6.45, 7) is -1.13. The number of nitrogens with one attached hydrogen (secondary N) is 1. The largest absolute Gasteiger partial charge is 0.477 e. The van der Waals surface area contributed by atoms with Crippen molar-refractivity contribution in [2.75, 3.05) is 0 Å². The zero-order chi connectivity index (χ0) is 23.3. The molecule has 2 aromatic carbocycles. The van der Waals surface area contributed by atoms with Crippen LogP contribution in [0.4, 0.5) is 8.78 Å². The molecule has 2 aromatic heterocycles. The predicted octanol–water partition coefficient (Wildman–Crippen LogP) is 5.61. The number of hydrogen-bond acceptors (Lipinski definition) is 3. The molecule has 4 aromatic rings. The van der Waals surface area contributed by atoms with Gasteiger partial charge in [-0.15, -0.1) is 0 Å². The quantitative estimate of drug-likeness (QED) is 0.400. The molecule has 8 heteroatoms. The number of pyridine rings is 1. The minimum absolute atomic E-state index is 0.0415. The van der Waals surface area contributed by atoms with Gasteiger partial charge in [0, 0.05) is 29.7 Å². The minimum atomic E-state index is -3.11. The lowest BCUT2D eigenvalue weighted by Gasteiger charge is -2.19. The Morgan fingerprint density at radius 1 is 1.12 bits per heavy atom. The van der Waals surface area contributed by atoms with Crippen LogP contribution in [0.25, 0.3) is 33.3 Å². The third kappa shape index (κ3) is 3.67. The van der Waals surface area contributed by atoms with Gasteiger partial charge in [-0.05, 0) is 54.7 Å². The van der Waals surface area contributed by atoms with Gasteiger partial charge in [0.15, 0.2) is 5.75 Å².